The van der Waals surface area contributed by atoms with Crippen LogP contribution in [0.2, 0.25) is 0 Å². The van der Waals surface area contributed by atoms with E-state index in [1.54, 1.807) is 6.92 Å². The van der Waals surface area contributed by atoms with E-state index in [1.165, 1.54) is 0 Å². The summed E-state index contributed by atoms with van der Waals surface area (Å²) in [6.45, 7) is 7.84. The molecule has 0 saturated heterocycles. The molecule has 1 unspecified atom stereocenters. The Bertz CT molecular complexity index is 1300. The Labute approximate surface area is 204 Å². The zero-order chi connectivity index (χ0) is 25.3. The number of aromatic carboxylic acids is 1. The first kappa shape index (κ1) is 24.3. The molecule has 1 aromatic heterocycles. The fourth-order valence-corrected chi connectivity index (χ4v) is 4.40. The number of aryl methyl sites for hydroxylation is 2. The summed E-state index contributed by atoms with van der Waals surface area (Å²) in [7, 11) is 0. The quantitative estimate of drug-likeness (QED) is 0.460. The maximum absolute atomic E-state index is 13.3. The molecule has 1 amide bonds. The first-order valence-electron chi connectivity index (χ1n) is 11.7. The SMILES string of the molecule is CCc1ccc2nc(C)c(C(=O)O)c(N)c2c1OCC(C)(C)C(=O)NC1CCOc2ccccc21. The molecule has 2 aromatic carbocycles. The molecule has 184 valence electrons. The van der Waals surface area contributed by atoms with Crippen LogP contribution in [0.4, 0.5) is 5.69 Å². The molecule has 3 aromatic rings. The number of hydrogen-bond acceptors (Lipinski definition) is 6. The van der Waals surface area contributed by atoms with Crippen molar-refractivity contribution in [1.82, 2.24) is 10.3 Å². The van der Waals surface area contributed by atoms with Crippen LogP contribution in [0.3, 0.4) is 0 Å². The number of carbonyl (C=O) groups is 2. The third-order valence-corrected chi connectivity index (χ3v) is 6.46. The number of nitrogen functional groups attached to an aromatic ring is 1. The van der Waals surface area contributed by atoms with Gasteiger partial charge < -0.3 is 25.6 Å². The zero-order valence-corrected chi connectivity index (χ0v) is 20.5. The van der Waals surface area contributed by atoms with Gasteiger partial charge >= 0.3 is 5.97 Å². The van der Waals surface area contributed by atoms with Gasteiger partial charge in [-0.3, -0.25) is 9.78 Å². The number of anilines is 1. The lowest BCUT2D eigenvalue weighted by atomic mass is 9.91. The van der Waals surface area contributed by atoms with Crippen molar-refractivity contribution in [3.8, 4) is 11.5 Å². The molecule has 0 saturated carbocycles. The molecule has 8 nitrogen and oxygen atoms in total. The Morgan fingerprint density at radius 2 is 2.00 bits per heavy atom. The number of aromatic nitrogens is 1. The van der Waals surface area contributed by atoms with Crippen molar-refractivity contribution in [2.75, 3.05) is 18.9 Å². The van der Waals surface area contributed by atoms with Crippen molar-refractivity contribution in [2.24, 2.45) is 5.41 Å². The highest BCUT2D eigenvalue weighted by Crippen LogP contribution is 2.38. The molecule has 0 radical (unpaired) electrons. The summed E-state index contributed by atoms with van der Waals surface area (Å²) < 4.78 is 11.9. The second-order valence-corrected chi connectivity index (χ2v) is 9.47. The molecule has 0 fully saturated rings. The molecule has 35 heavy (non-hydrogen) atoms. The van der Waals surface area contributed by atoms with E-state index in [4.69, 9.17) is 15.2 Å². The van der Waals surface area contributed by atoms with Gasteiger partial charge in [0.2, 0.25) is 5.91 Å². The predicted molar refractivity (Wildman–Crippen MR) is 134 cm³/mol. The van der Waals surface area contributed by atoms with Gasteiger partial charge in [0.05, 0.1) is 40.3 Å². The molecule has 0 spiro atoms. The van der Waals surface area contributed by atoms with Crippen molar-refractivity contribution in [1.29, 1.82) is 0 Å². The molecule has 0 aliphatic carbocycles. The molecule has 1 aliphatic heterocycles. The van der Waals surface area contributed by atoms with Crippen LogP contribution >= 0.6 is 0 Å². The summed E-state index contributed by atoms with van der Waals surface area (Å²) >= 11 is 0. The standard InChI is InChI=1S/C27H31N3O5/c1-5-16-10-11-19-22(23(28)21(25(31)32)15(2)29-19)24(16)35-14-27(3,4)26(33)30-18-12-13-34-20-9-7-6-8-17(18)20/h6-11,18H,5,12-14H2,1-4H3,(H2,28,29)(H,30,33)(H,31,32). The third-order valence-electron chi connectivity index (χ3n) is 6.46. The van der Waals surface area contributed by atoms with Gasteiger partial charge in [0.15, 0.2) is 0 Å². The Morgan fingerprint density at radius 3 is 2.71 bits per heavy atom. The maximum Gasteiger partial charge on any atom is 0.339 e. The van der Waals surface area contributed by atoms with Crippen LogP contribution in [-0.4, -0.2) is 35.2 Å². The number of ether oxygens (including phenoxy) is 2. The minimum Gasteiger partial charge on any atom is -0.493 e. The van der Waals surface area contributed by atoms with E-state index in [0.717, 1.165) is 16.9 Å². The number of carboxylic acid groups (broad SMARTS) is 1. The maximum atomic E-state index is 13.3. The van der Waals surface area contributed by atoms with E-state index in [9.17, 15) is 14.7 Å². The second kappa shape index (κ2) is 9.44. The number of hydrogen-bond donors (Lipinski definition) is 3. The highest BCUT2D eigenvalue weighted by Gasteiger charge is 2.33. The first-order valence-corrected chi connectivity index (χ1v) is 11.7. The average molecular weight is 478 g/mol. The van der Waals surface area contributed by atoms with Crippen molar-refractivity contribution in [3.05, 3.63) is 58.8 Å². The van der Waals surface area contributed by atoms with Gasteiger partial charge in [-0.1, -0.05) is 31.2 Å². The second-order valence-electron chi connectivity index (χ2n) is 9.47. The fraction of sp³-hybridized carbons (Fsp3) is 0.370. The largest absolute Gasteiger partial charge is 0.493 e. The van der Waals surface area contributed by atoms with Gasteiger partial charge in [-0.2, -0.15) is 0 Å². The topological polar surface area (TPSA) is 124 Å². The van der Waals surface area contributed by atoms with Crippen LogP contribution in [0.15, 0.2) is 36.4 Å². The summed E-state index contributed by atoms with van der Waals surface area (Å²) in [5.74, 6) is -0.0342. The summed E-state index contributed by atoms with van der Waals surface area (Å²) in [6.07, 6.45) is 1.33. The van der Waals surface area contributed by atoms with Gasteiger partial charge in [-0.15, -0.1) is 0 Å². The summed E-state index contributed by atoms with van der Waals surface area (Å²) in [4.78, 5) is 29.5. The number of nitrogens with zero attached hydrogens (tertiary/aromatic N) is 1. The molecule has 1 atom stereocenters. The van der Waals surface area contributed by atoms with E-state index in [0.29, 0.717) is 41.8 Å². The number of nitrogens with one attached hydrogen (secondary N) is 1. The number of benzene rings is 2. The number of para-hydroxylation sites is 1. The number of carbonyl (C=O) groups excluding carboxylic acids is 1. The Hall–Kier alpha value is -3.81. The lowest BCUT2D eigenvalue weighted by Crippen LogP contribution is -2.43. The lowest BCUT2D eigenvalue weighted by Gasteiger charge is -2.31. The Balaban J connectivity index is 1.61. The molecular weight excluding hydrogens is 446 g/mol. The fourth-order valence-electron chi connectivity index (χ4n) is 4.40. The van der Waals surface area contributed by atoms with Gasteiger partial charge in [0.1, 0.15) is 23.7 Å². The molecular formula is C27H31N3O5. The molecule has 4 rings (SSSR count). The first-order chi connectivity index (χ1) is 16.6. The Morgan fingerprint density at radius 1 is 1.26 bits per heavy atom. The third kappa shape index (κ3) is 4.60. The van der Waals surface area contributed by atoms with Gasteiger partial charge in [-0.05, 0) is 44.9 Å². The van der Waals surface area contributed by atoms with Crippen LogP contribution in [0, 0.1) is 12.3 Å². The number of rotatable bonds is 7. The van der Waals surface area contributed by atoms with E-state index >= 15 is 0 Å². The molecule has 0 bridgehead atoms. The number of pyridine rings is 1. The predicted octanol–water partition coefficient (Wildman–Crippen LogP) is 4.43. The average Bonchev–Trinajstić information content (AvgIpc) is 2.82. The number of carboxylic acids is 1. The lowest BCUT2D eigenvalue weighted by molar-refractivity contribution is -0.131. The number of nitrogens with two attached hydrogens (primary N) is 1. The number of fused-ring (bicyclic) bond motifs is 2. The number of amides is 1. The Kier molecular flexibility index (Phi) is 6.56. The van der Waals surface area contributed by atoms with E-state index in [-0.39, 0.29) is 29.8 Å². The summed E-state index contributed by atoms with van der Waals surface area (Å²) in [5.41, 5.74) is 8.25. The molecule has 8 heteroatoms. The normalized spacial score (nSPS) is 15.3. The van der Waals surface area contributed by atoms with Crippen molar-refractivity contribution in [2.45, 2.75) is 46.6 Å². The molecule has 2 heterocycles. The molecule has 4 N–H and O–H groups in total. The van der Waals surface area contributed by atoms with Crippen LogP contribution in [0.1, 0.15) is 60.4 Å². The van der Waals surface area contributed by atoms with Gasteiger partial charge in [0, 0.05) is 12.0 Å². The summed E-state index contributed by atoms with van der Waals surface area (Å²) in [6, 6.07) is 11.3. The van der Waals surface area contributed by atoms with E-state index in [1.807, 2.05) is 57.2 Å². The van der Waals surface area contributed by atoms with Crippen molar-refractivity contribution < 1.29 is 24.2 Å². The van der Waals surface area contributed by atoms with E-state index in [2.05, 4.69) is 10.3 Å². The smallest absolute Gasteiger partial charge is 0.339 e. The minimum absolute atomic E-state index is 0.0363. The van der Waals surface area contributed by atoms with Crippen molar-refractivity contribution in [3.63, 3.8) is 0 Å². The van der Waals surface area contributed by atoms with E-state index < -0.39 is 11.4 Å². The monoisotopic (exact) mass is 477 g/mol. The van der Waals surface area contributed by atoms with Crippen molar-refractivity contribution >= 4 is 28.5 Å². The van der Waals surface area contributed by atoms with Crippen LogP contribution in [0.25, 0.3) is 10.9 Å². The zero-order valence-electron chi connectivity index (χ0n) is 20.5. The van der Waals surface area contributed by atoms with Crippen LogP contribution in [-0.2, 0) is 11.2 Å². The highest BCUT2D eigenvalue weighted by atomic mass is 16.5. The minimum atomic E-state index is -1.14. The molecule has 1 aliphatic rings. The highest BCUT2D eigenvalue weighted by molar-refractivity contribution is 6.07. The van der Waals surface area contributed by atoms with Crippen LogP contribution < -0.4 is 20.5 Å². The van der Waals surface area contributed by atoms with Gasteiger partial charge in [0.25, 0.3) is 0 Å². The van der Waals surface area contributed by atoms with Gasteiger partial charge in [-0.25, -0.2) is 4.79 Å². The van der Waals surface area contributed by atoms with Crippen LogP contribution in [0.5, 0.6) is 11.5 Å². The summed E-state index contributed by atoms with van der Waals surface area (Å²) in [5, 5.41) is 13.3.